The van der Waals surface area contributed by atoms with E-state index in [0.29, 0.717) is 5.92 Å². The highest BCUT2D eigenvalue weighted by Crippen LogP contribution is 2.36. The van der Waals surface area contributed by atoms with Crippen molar-refractivity contribution in [2.45, 2.75) is 70.9 Å². The fourth-order valence-electron chi connectivity index (χ4n) is 2.97. The molecule has 2 N–H and O–H groups in total. The van der Waals surface area contributed by atoms with E-state index in [1.54, 1.807) is 7.11 Å². The second kappa shape index (κ2) is 6.02. The summed E-state index contributed by atoms with van der Waals surface area (Å²) in [6, 6.07) is 0.195. The normalized spacial score (nSPS) is 32.1. The molecule has 1 rings (SSSR count). The van der Waals surface area contributed by atoms with Gasteiger partial charge >= 0.3 is 0 Å². The molecule has 0 bridgehead atoms. The molecule has 16 heavy (non-hydrogen) atoms. The zero-order valence-electron chi connectivity index (χ0n) is 11.5. The Morgan fingerprint density at radius 1 is 1.25 bits per heavy atom. The average molecular weight is 227 g/mol. The molecule has 0 radical (unpaired) electrons. The Bertz CT molecular complexity index is 193. The van der Waals surface area contributed by atoms with Crippen LogP contribution in [0, 0.1) is 11.8 Å². The van der Waals surface area contributed by atoms with Crippen molar-refractivity contribution in [1.82, 2.24) is 0 Å². The Morgan fingerprint density at radius 3 is 2.19 bits per heavy atom. The average Bonchev–Trinajstić information content (AvgIpc) is 2.37. The number of nitrogens with two attached hydrogens (primary N) is 1. The van der Waals surface area contributed by atoms with Crippen molar-refractivity contribution in [3.8, 4) is 0 Å². The van der Waals surface area contributed by atoms with E-state index in [0.717, 1.165) is 12.3 Å². The van der Waals surface area contributed by atoms with E-state index in [1.165, 1.54) is 32.1 Å². The van der Waals surface area contributed by atoms with E-state index in [-0.39, 0.29) is 11.6 Å². The Hall–Kier alpha value is -0.0800. The smallest absolute Gasteiger partial charge is 0.0800 e. The summed E-state index contributed by atoms with van der Waals surface area (Å²) >= 11 is 0. The maximum absolute atomic E-state index is 6.41. The van der Waals surface area contributed by atoms with Crippen molar-refractivity contribution in [3.63, 3.8) is 0 Å². The van der Waals surface area contributed by atoms with Crippen LogP contribution >= 0.6 is 0 Å². The lowest BCUT2D eigenvalue weighted by Crippen LogP contribution is -2.52. The molecule has 0 aromatic carbocycles. The molecule has 2 atom stereocenters. The second-order valence-corrected chi connectivity index (χ2v) is 5.59. The van der Waals surface area contributed by atoms with Gasteiger partial charge in [0.15, 0.2) is 0 Å². The highest BCUT2D eigenvalue weighted by atomic mass is 16.5. The predicted octanol–water partition coefficient (Wildman–Crippen LogP) is 3.35. The quantitative estimate of drug-likeness (QED) is 0.781. The van der Waals surface area contributed by atoms with Crippen LogP contribution in [0.15, 0.2) is 0 Å². The van der Waals surface area contributed by atoms with Crippen LogP contribution in [0.3, 0.4) is 0 Å². The molecule has 0 aromatic heterocycles. The number of methoxy groups -OCH3 is 1. The van der Waals surface area contributed by atoms with E-state index in [1.807, 2.05) is 0 Å². The minimum atomic E-state index is -0.135. The third-order valence-corrected chi connectivity index (χ3v) is 4.85. The van der Waals surface area contributed by atoms with Crippen LogP contribution in [0.2, 0.25) is 0 Å². The zero-order valence-corrected chi connectivity index (χ0v) is 11.5. The fraction of sp³-hybridized carbons (Fsp3) is 1.00. The van der Waals surface area contributed by atoms with Gasteiger partial charge in [0.05, 0.1) is 5.60 Å². The van der Waals surface area contributed by atoms with Gasteiger partial charge in [-0.1, -0.05) is 33.1 Å². The summed E-state index contributed by atoms with van der Waals surface area (Å²) in [4.78, 5) is 0. The number of hydrogen-bond donors (Lipinski definition) is 1. The van der Waals surface area contributed by atoms with Crippen molar-refractivity contribution in [1.29, 1.82) is 0 Å². The van der Waals surface area contributed by atoms with E-state index >= 15 is 0 Å². The molecule has 1 aliphatic carbocycles. The summed E-state index contributed by atoms with van der Waals surface area (Å²) < 4.78 is 5.63. The van der Waals surface area contributed by atoms with E-state index in [4.69, 9.17) is 10.5 Å². The molecule has 0 spiro atoms. The standard InChI is InChI=1S/C14H29NO/c1-5-11-7-9-12(10-8-11)13(15)14(3,6-2)16-4/h11-13H,5-10,15H2,1-4H3. The zero-order chi connectivity index (χ0) is 12.2. The van der Waals surface area contributed by atoms with Crippen LogP contribution in [0.5, 0.6) is 0 Å². The minimum absolute atomic E-state index is 0.135. The van der Waals surface area contributed by atoms with Crippen LogP contribution in [0.4, 0.5) is 0 Å². The molecule has 2 nitrogen and oxygen atoms in total. The van der Waals surface area contributed by atoms with Crippen molar-refractivity contribution >= 4 is 0 Å². The van der Waals surface area contributed by atoms with Crippen LogP contribution in [-0.4, -0.2) is 18.8 Å². The minimum Gasteiger partial charge on any atom is -0.377 e. The molecule has 1 saturated carbocycles. The summed E-state index contributed by atoms with van der Waals surface area (Å²) in [7, 11) is 1.79. The molecule has 0 aliphatic heterocycles. The van der Waals surface area contributed by atoms with E-state index in [9.17, 15) is 0 Å². The van der Waals surface area contributed by atoms with Gasteiger partial charge < -0.3 is 10.5 Å². The Morgan fingerprint density at radius 2 is 1.81 bits per heavy atom. The van der Waals surface area contributed by atoms with Crippen molar-refractivity contribution in [3.05, 3.63) is 0 Å². The first-order valence-corrected chi connectivity index (χ1v) is 6.88. The largest absolute Gasteiger partial charge is 0.377 e. The van der Waals surface area contributed by atoms with Gasteiger partial charge in [-0.3, -0.25) is 0 Å². The molecule has 1 fully saturated rings. The first-order valence-electron chi connectivity index (χ1n) is 6.88. The molecular weight excluding hydrogens is 198 g/mol. The predicted molar refractivity (Wildman–Crippen MR) is 69.4 cm³/mol. The van der Waals surface area contributed by atoms with Gasteiger partial charge in [-0.05, 0) is 38.0 Å². The molecular formula is C14H29NO. The number of rotatable bonds is 5. The van der Waals surface area contributed by atoms with Crippen molar-refractivity contribution in [2.75, 3.05) is 7.11 Å². The highest BCUT2D eigenvalue weighted by Gasteiger charge is 2.36. The third kappa shape index (κ3) is 2.98. The second-order valence-electron chi connectivity index (χ2n) is 5.59. The van der Waals surface area contributed by atoms with Crippen LogP contribution in [0.25, 0.3) is 0 Å². The lowest BCUT2D eigenvalue weighted by molar-refractivity contribution is -0.0398. The topological polar surface area (TPSA) is 35.2 Å². The summed E-state index contributed by atoms with van der Waals surface area (Å²) in [5.74, 6) is 1.60. The Balaban J connectivity index is 2.52. The van der Waals surface area contributed by atoms with Gasteiger partial charge in [-0.2, -0.15) is 0 Å². The SMILES string of the molecule is CCC1CCC(C(N)C(C)(CC)OC)CC1. The first-order chi connectivity index (χ1) is 7.57. The monoisotopic (exact) mass is 227 g/mol. The molecule has 1 aliphatic rings. The molecule has 0 saturated heterocycles. The van der Waals surface area contributed by atoms with Crippen LogP contribution in [-0.2, 0) is 4.74 Å². The van der Waals surface area contributed by atoms with Gasteiger partial charge in [0, 0.05) is 13.2 Å². The number of hydrogen-bond acceptors (Lipinski definition) is 2. The lowest BCUT2D eigenvalue weighted by atomic mass is 9.73. The van der Waals surface area contributed by atoms with Gasteiger partial charge in [0.1, 0.15) is 0 Å². The molecule has 2 unspecified atom stereocenters. The summed E-state index contributed by atoms with van der Waals surface area (Å²) in [5, 5.41) is 0. The number of ether oxygens (including phenoxy) is 1. The van der Waals surface area contributed by atoms with Crippen LogP contribution in [0.1, 0.15) is 59.3 Å². The first kappa shape index (κ1) is 14.0. The molecule has 0 aromatic rings. The summed E-state index contributed by atoms with van der Waals surface area (Å²) in [6.45, 7) is 6.63. The van der Waals surface area contributed by atoms with E-state index < -0.39 is 0 Å². The fourth-order valence-corrected chi connectivity index (χ4v) is 2.97. The van der Waals surface area contributed by atoms with Gasteiger partial charge in [0.25, 0.3) is 0 Å². The molecule has 0 amide bonds. The Kier molecular flexibility index (Phi) is 5.26. The molecule has 2 heteroatoms. The van der Waals surface area contributed by atoms with Gasteiger partial charge in [-0.15, -0.1) is 0 Å². The van der Waals surface area contributed by atoms with Gasteiger partial charge in [0.2, 0.25) is 0 Å². The van der Waals surface area contributed by atoms with Crippen LogP contribution < -0.4 is 5.73 Å². The summed E-state index contributed by atoms with van der Waals surface area (Å²) in [6.07, 6.45) is 7.63. The van der Waals surface area contributed by atoms with Crippen molar-refractivity contribution < 1.29 is 4.74 Å². The Labute approximate surface area is 101 Å². The maximum atomic E-state index is 6.41. The highest BCUT2D eigenvalue weighted by molar-refractivity contribution is 4.92. The maximum Gasteiger partial charge on any atom is 0.0800 e. The molecule has 96 valence electrons. The van der Waals surface area contributed by atoms with E-state index in [2.05, 4.69) is 20.8 Å². The molecule has 0 heterocycles. The lowest BCUT2D eigenvalue weighted by Gasteiger charge is -2.41. The summed E-state index contributed by atoms with van der Waals surface area (Å²) in [5.41, 5.74) is 6.27. The van der Waals surface area contributed by atoms with Crippen molar-refractivity contribution in [2.24, 2.45) is 17.6 Å². The third-order valence-electron chi connectivity index (χ3n) is 4.85. The van der Waals surface area contributed by atoms with Gasteiger partial charge in [-0.25, -0.2) is 0 Å².